The molecule has 0 atom stereocenters. The maximum atomic E-state index is 13.5. The highest BCUT2D eigenvalue weighted by Crippen LogP contribution is 2.24. The number of carbonyl (C=O) groups is 1. The van der Waals surface area contributed by atoms with Gasteiger partial charge in [-0.1, -0.05) is 18.2 Å². The van der Waals surface area contributed by atoms with Gasteiger partial charge in [-0.2, -0.15) is 0 Å². The molecule has 0 aliphatic carbocycles. The Balaban J connectivity index is 1.40. The molecule has 1 aliphatic heterocycles. The number of hydrogen-bond acceptors (Lipinski definition) is 7. The van der Waals surface area contributed by atoms with Crippen LogP contribution in [-0.4, -0.2) is 55.2 Å². The average molecular weight is 466 g/mol. The number of benzene rings is 2. The van der Waals surface area contributed by atoms with Crippen molar-refractivity contribution in [1.29, 1.82) is 0 Å². The summed E-state index contributed by atoms with van der Waals surface area (Å²) in [4.78, 5) is 18.5. The van der Waals surface area contributed by atoms with Crippen molar-refractivity contribution < 1.29 is 18.7 Å². The van der Waals surface area contributed by atoms with Gasteiger partial charge in [0.25, 0.3) is 5.91 Å². The number of nitrogens with zero attached hydrogens (tertiary/aromatic N) is 2. The summed E-state index contributed by atoms with van der Waals surface area (Å²) in [6.45, 7) is 5.13. The number of morpholine rings is 1. The van der Waals surface area contributed by atoms with E-state index in [1.165, 1.54) is 18.3 Å². The van der Waals surface area contributed by atoms with Crippen LogP contribution in [0.15, 0.2) is 60.8 Å². The van der Waals surface area contributed by atoms with Crippen molar-refractivity contribution in [3.05, 3.63) is 77.7 Å². The predicted octanol–water partition coefficient (Wildman–Crippen LogP) is 3.39. The molecule has 1 fully saturated rings. The second kappa shape index (κ2) is 11.4. The monoisotopic (exact) mass is 465 g/mol. The molecule has 4 rings (SSSR count). The van der Waals surface area contributed by atoms with Gasteiger partial charge in [-0.3, -0.25) is 9.69 Å². The fourth-order valence-electron chi connectivity index (χ4n) is 3.64. The Morgan fingerprint density at radius 1 is 1.15 bits per heavy atom. The molecule has 1 amide bonds. The van der Waals surface area contributed by atoms with Crippen LogP contribution in [0.5, 0.6) is 5.75 Å². The molecule has 0 unspecified atom stereocenters. The van der Waals surface area contributed by atoms with Gasteiger partial charge in [0, 0.05) is 50.2 Å². The second-order valence-electron chi connectivity index (χ2n) is 7.92. The molecule has 1 saturated heterocycles. The van der Waals surface area contributed by atoms with E-state index in [1.54, 1.807) is 18.2 Å². The van der Waals surface area contributed by atoms with E-state index >= 15 is 0 Å². The first kappa shape index (κ1) is 23.5. The number of anilines is 3. The molecule has 34 heavy (non-hydrogen) atoms. The van der Waals surface area contributed by atoms with E-state index in [-0.39, 0.29) is 11.4 Å². The lowest BCUT2D eigenvalue weighted by Crippen LogP contribution is -2.38. The molecule has 2 heterocycles. The van der Waals surface area contributed by atoms with Crippen LogP contribution in [0, 0.1) is 5.82 Å². The molecule has 0 radical (unpaired) electrons. The molecular weight excluding hydrogens is 437 g/mol. The van der Waals surface area contributed by atoms with Crippen molar-refractivity contribution in [2.24, 2.45) is 5.73 Å². The molecule has 3 aromatic rings. The van der Waals surface area contributed by atoms with Crippen LogP contribution in [0.2, 0.25) is 0 Å². The minimum atomic E-state index is -0.601. The molecule has 178 valence electrons. The summed E-state index contributed by atoms with van der Waals surface area (Å²) in [6, 6.07) is 15.5. The number of rotatable bonds is 10. The lowest BCUT2D eigenvalue weighted by Gasteiger charge is -2.26. The minimum Gasteiger partial charge on any atom is -0.492 e. The van der Waals surface area contributed by atoms with Crippen LogP contribution in [0.25, 0.3) is 0 Å². The summed E-state index contributed by atoms with van der Waals surface area (Å²) >= 11 is 0. The SMILES string of the molecule is NC(=O)c1cnc(Nc2cccc(OCCN3CCOCC3)c2)cc1NCc1cccc(F)c1. The van der Waals surface area contributed by atoms with Crippen LogP contribution in [0.1, 0.15) is 15.9 Å². The Bertz CT molecular complexity index is 1120. The lowest BCUT2D eigenvalue weighted by molar-refractivity contribution is 0.0322. The van der Waals surface area contributed by atoms with E-state index < -0.39 is 5.91 Å². The van der Waals surface area contributed by atoms with E-state index in [9.17, 15) is 9.18 Å². The fraction of sp³-hybridized carbons (Fsp3) is 0.280. The van der Waals surface area contributed by atoms with Gasteiger partial charge in [0.2, 0.25) is 0 Å². The minimum absolute atomic E-state index is 0.252. The summed E-state index contributed by atoms with van der Waals surface area (Å²) in [7, 11) is 0. The number of amides is 1. The lowest BCUT2D eigenvalue weighted by atomic mass is 10.2. The first-order chi connectivity index (χ1) is 16.6. The van der Waals surface area contributed by atoms with E-state index in [1.807, 2.05) is 24.3 Å². The topological polar surface area (TPSA) is 102 Å². The molecule has 8 nitrogen and oxygen atoms in total. The van der Waals surface area contributed by atoms with Crippen molar-refractivity contribution in [1.82, 2.24) is 9.88 Å². The van der Waals surface area contributed by atoms with Gasteiger partial charge >= 0.3 is 0 Å². The van der Waals surface area contributed by atoms with Crippen LogP contribution in [0.3, 0.4) is 0 Å². The first-order valence-electron chi connectivity index (χ1n) is 11.1. The molecule has 1 aromatic heterocycles. The summed E-state index contributed by atoms with van der Waals surface area (Å²) < 4.78 is 24.7. The Morgan fingerprint density at radius 2 is 1.97 bits per heavy atom. The Kier molecular flexibility index (Phi) is 7.90. The third kappa shape index (κ3) is 6.66. The van der Waals surface area contributed by atoms with Crippen LogP contribution < -0.4 is 21.1 Å². The normalized spacial score (nSPS) is 13.9. The van der Waals surface area contributed by atoms with Crippen molar-refractivity contribution in [2.75, 3.05) is 50.1 Å². The molecule has 0 bridgehead atoms. The van der Waals surface area contributed by atoms with Crippen molar-refractivity contribution in [3.8, 4) is 5.75 Å². The number of pyridine rings is 1. The summed E-state index contributed by atoms with van der Waals surface area (Å²) in [5.74, 6) is 0.351. The highest BCUT2D eigenvalue weighted by Gasteiger charge is 2.12. The number of halogens is 1. The molecule has 0 saturated carbocycles. The van der Waals surface area contributed by atoms with Crippen LogP contribution >= 0.6 is 0 Å². The van der Waals surface area contributed by atoms with Gasteiger partial charge in [-0.05, 0) is 29.8 Å². The highest BCUT2D eigenvalue weighted by atomic mass is 19.1. The Hall–Kier alpha value is -3.69. The zero-order valence-corrected chi connectivity index (χ0v) is 18.8. The Labute approximate surface area is 197 Å². The molecule has 2 aromatic carbocycles. The van der Waals surface area contributed by atoms with Gasteiger partial charge in [-0.15, -0.1) is 0 Å². The highest BCUT2D eigenvalue weighted by molar-refractivity contribution is 5.98. The van der Waals surface area contributed by atoms with Crippen molar-refractivity contribution >= 4 is 23.1 Å². The number of carbonyl (C=O) groups excluding carboxylic acids is 1. The predicted molar refractivity (Wildman–Crippen MR) is 129 cm³/mol. The van der Waals surface area contributed by atoms with Gasteiger partial charge in [-0.25, -0.2) is 9.37 Å². The largest absolute Gasteiger partial charge is 0.492 e. The molecule has 9 heteroatoms. The fourth-order valence-corrected chi connectivity index (χ4v) is 3.64. The van der Waals surface area contributed by atoms with Gasteiger partial charge in [0.1, 0.15) is 24.0 Å². The third-order valence-electron chi connectivity index (χ3n) is 5.43. The van der Waals surface area contributed by atoms with Crippen LogP contribution in [-0.2, 0) is 11.3 Å². The smallest absolute Gasteiger partial charge is 0.252 e. The zero-order chi connectivity index (χ0) is 23.8. The number of aromatic nitrogens is 1. The third-order valence-corrected chi connectivity index (χ3v) is 5.43. The molecule has 4 N–H and O–H groups in total. The van der Waals surface area contributed by atoms with E-state index in [4.69, 9.17) is 15.2 Å². The summed E-state index contributed by atoms with van der Waals surface area (Å²) in [6.07, 6.45) is 1.42. The maximum Gasteiger partial charge on any atom is 0.252 e. The molecular formula is C25H28FN5O3. The number of primary amides is 1. The van der Waals surface area contributed by atoms with Gasteiger partial charge in [0.05, 0.1) is 24.5 Å². The number of hydrogen-bond donors (Lipinski definition) is 3. The van der Waals surface area contributed by atoms with Crippen LogP contribution in [0.4, 0.5) is 21.6 Å². The number of ether oxygens (including phenoxy) is 2. The number of nitrogens with two attached hydrogens (primary N) is 1. The average Bonchev–Trinajstić information content (AvgIpc) is 2.84. The first-order valence-corrected chi connectivity index (χ1v) is 11.1. The summed E-state index contributed by atoms with van der Waals surface area (Å²) in [5.41, 5.74) is 7.79. The standard InChI is InChI=1S/C25H28FN5O3/c26-19-4-1-3-18(13-19)16-28-23-15-24(29-17-22(23)25(27)32)30-20-5-2-6-21(14-20)34-12-9-31-7-10-33-11-8-31/h1-6,13-15,17H,7-12,16H2,(H2,27,32)(H2,28,29,30). The van der Waals surface area contributed by atoms with Gasteiger partial charge < -0.3 is 25.8 Å². The zero-order valence-electron chi connectivity index (χ0n) is 18.8. The van der Waals surface area contributed by atoms with E-state index in [0.717, 1.165) is 49.8 Å². The quantitative estimate of drug-likeness (QED) is 0.422. The van der Waals surface area contributed by atoms with E-state index in [2.05, 4.69) is 20.5 Å². The Morgan fingerprint density at radius 3 is 2.76 bits per heavy atom. The van der Waals surface area contributed by atoms with Gasteiger partial charge in [0.15, 0.2) is 0 Å². The summed E-state index contributed by atoms with van der Waals surface area (Å²) in [5, 5.41) is 6.38. The van der Waals surface area contributed by atoms with Crippen molar-refractivity contribution in [3.63, 3.8) is 0 Å². The second-order valence-corrected chi connectivity index (χ2v) is 7.92. The molecule has 0 spiro atoms. The van der Waals surface area contributed by atoms with Crippen molar-refractivity contribution in [2.45, 2.75) is 6.54 Å². The molecule has 1 aliphatic rings. The number of nitrogens with one attached hydrogen (secondary N) is 2. The maximum absolute atomic E-state index is 13.5. The van der Waals surface area contributed by atoms with E-state index in [0.29, 0.717) is 24.7 Å².